The number of nitrogens with zero attached hydrogens (tertiary/aromatic N) is 1. The SMILES string of the molecule is C[C@H](NC(=O)COC(=O)c1csc(-c2cccs2)n1)c1cc2ccccc2o1. The number of thiazole rings is 1. The van der Waals surface area contributed by atoms with Gasteiger partial charge in [0.05, 0.1) is 10.9 Å². The fraction of sp³-hybridized carbons (Fsp3) is 0.150. The monoisotopic (exact) mass is 412 g/mol. The van der Waals surface area contributed by atoms with Crippen LogP contribution in [0.3, 0.4) is 0 Å². The molecule has 4 aromatic rings. The minimum Gasteiger partial charge on any atom is -0.459 e. The molecule has 4 rings (SSSR count). The van der Waals surface area contributed by atoms with E-state index < -0.39 is 11.9 Å². The van der Waals surface area contributed by atoms with Crippen molar-refractivity contribution in [2.75, 3.05) is 6.61 Å². The van der Waals surface area contributed by atoms with Gasteiger partial charge < -0.3 is 14.5 Å². The summed E-state index contributed by atoms with van der Waals surface area (Å²) in [7, 11) is 0. The van der Waals surface area contributed by atoms with Crippen LogP contribution >= 0.6 is 22.7 Å². The first-order chi connectivity index (χ1) is 13.6. The summed E-state index contributed by atoms with van der Waals surface area (Å²) >= 11 is 2.91. The highest BCUT2D eigenvalue weighted by Crippen LogP contribution is 2.28. The number of ether oxygens (including phenoxy) is 1. The molecule has 1 N–H and O–H groups in total. The summed E-state index contributed by atoms with van der Waals surface area (Å²) in [5.41, 5.74) is 0.960. The highest BCUT2D eigenvalue weighted by molar-refractivity contribution is 7.20. The van der Waals surface area contributed by atoms with Gasteiger partial charge in [-0.05, 0) is 30.5 Å². The first-order valence-corrected chi connectivity index (χ1v) is 10.3. The fourth-order valence-corrected chi connectivity index (χ4v) is 4.26. The Balaban J connectivity index is 1.32. The molecule has 0 aliphatic rings. The molecule has 3 heterocycles. The highest BCUT2D eigenvalue weighted by Gasteiger charge is 2.18. The van der Waals surface area contributed by atoms with E-state index in [4.69, 9.17) is 9.15 Å². The number of esters is 1. The molecule has 0 saturated heterocycles. The quantitative estimate of drug-likeness (QED) is 0.466. The van der Waals surface area contributed by atoms with Gasteiger partial charge in [0.15, 0.2) is 12.3 Å². The summed E-state index contributed by atoms with van der Waals surface area (Å²) in [6.07, 6.45) is 0. The van der Waals surface area contributed by atoms with E-state index in [1.807, 2.05) is 54.8 Å². The number of rotatable bonds is 6. The van der Waals surface area contributed by atoms with Gasteiger partial charge >= 0.3 is 5.97 Å². The summed E-state index contributed by atoms with van der Waals surface area (Å²) in [5, 5.41) is 8.07. The highest BCUT2D eigenvalue weighted by atomic mass is 32.1. The minimum absolute atomic E-state index is 0.200. The lowest BCUT2D eigenvalue weighted by Gasteiger charge is -2.11. The number of hydrogen-bond donors (Lipinski definition) is 1. The lowest BCUT2D eigenvalue weighted by Crippen LogP contribution is -2.31. The van der Waals surface area contributed by atoms with Gasteiger partial charge in [-0.3, -0.25) is 4.79 Å². The molecule has 3 aromatic heterocycles. The third kappa shape index (κ3) is 3.97. The number of hydrogen-bond acceptors (Lipinski definition) is 7. The van der Waals surface area contributed by atoms with Gasteiger partial charge in [0, 0.05) is 10.8 Å². The van der Waals surface area contributed by atoms with Gasteiger partial charge in [-0.2, -0.15) is 0 Å². The summed E-state index contributed by atoms with van der Waals surface area (Å²) in [4.78, 5) is 29.5. The van der Waals surface area contributed by atoms with E-state index in [1.165, 1.54) is 11.3 Å². The smallest absolute Gasteiger partial charge is 0.358 e. The third-order valence-electron chi connectivity index (χ3n) is 4.03. The predicted octanol–water partition coefficient (Wildman–Crippen LogP) is 4.65. The van der Waals surface area contributed by atoms with Crippen LogP contribution in [0.5, 0.6) is 0 Å². The Bertz CT molecular complexity index is 1080. The van der Waals surface area contributed by atoms with Crippen LogP contribution in [-0.4, -0.2) is 23.5 Å². The van der Waals surface area contributed by atoms with Crippen molar-refractivity contribution in [3.8, 4) is 9.88 Å². The number of para-hydroxylation sites is 1. The first-order valence-electron chi connectivity index (χ1n) is 8.54. The van der Waals surface area contributed by atoms with Crippen molar-refractivity contribution in [2.45, 2.75) is 13.0 Å². The average molecular weight is 412 g/mol. The molecule has 8 heteroatoms. The van der Waals surface area contributed by atoms with Gasteiger partial charge in [-0.25, -0.2) is 9.78 Å². The molecule has 142 valence electrons. The number of fused-ring (bicyclic) bond motifs is 1. The second-order valence-electron chi connectivity index (χ2n) is 6.07. The number of carbonyl (C=O) groups excluding carboxylic acids is 2. The largest absolute Gasteiger partial charge is 0.459 e. The van der Waals surface area contributed by atoms with Crippen molar-refractivity contribution in [3.05, 3.63) is 64.7 Å². The third-order valence-corrected chi connectivity index (χ3v) is 5.91. The van der Waals surface area contributed by atoms with E-state index in [9.17, 15) is 9.59 Å². The van der Waals surface area contributed by atoms with Crippen molar-refractivity contribution in [1.82, 2.24) is 10.3 Å². The van der Waals surface area contributed by atoms with Crippen LogP contribution in [0, 0.1) is 0 Å². The zero-order valence-electron chi connectivity index (χ0n) is 14.9. The maximum atomic E-state index is 12.1. The normalized spacial score (nSPS) is 12.0. The molecule has 28 heavy (non-hydrogen) atoms. The molecular weight excluding hydrogens is 396 g/mol. The van der Waals surface area contributed by atoms with Gasteiger partial charge in [0.25, 0.3) is 5.91 Å². The summed E-state index contributed by atoms with van der Waals surface area (Å²) in [6.45, 7) is 1.43. The molecule has 0 unspecified atom stereocenters. The molecule has 0 fully saturated rings. The summed E-state index contributed by atoms with van der Waals surface area (Å²) in [5.74, 6) is -0.387. The molecule has 0 radical (unpaired) electrons. The van der Waals surface area contributed by atoms with E-state index in [2.05, 4.69) is 10.3 Å². The van der Waals surface area contributed by atoms with E-state index >= 15 is 0 Å². The van der Waals surface area contributed by atoms with Crippen LogP contribution in [0.2, 0.25) is 0 Å². The van der Waals surface area contributed by atoms with Crippen molar-refractivity contribution in [2.24, 2.45) is 0 Å². The molecular formula is C20H16N2O4S2. The molecule has 0 aliphatic carbocycles. The molecule has 1 aromatic carbocycles. The molecule has 6 nitrogen and oxygen atoms in total. The van der Waals surface area contributed by atoms with Gasteiger partial charge in [-0.1, -0.05) is 24.3 Å². The van der Waals surface area contributed by atoms with Crippen molar-refractivity contribution in [3.63, 3.8) is 0 Å². The van der Waals surface area contributed by atoms with E-state index in [-0.39, 0.29) is 18.3 Å². The number of thiophene rings is 1. The fourth-order valence-electron chi connectivity index (χ4n) is 2.66. The minimum atomic E-state index is -0.620. The number of benzene rings is 1. The molecule has 0 bridgehead atoms. The summed E-state index contributed by atoms with van der Waals surface area (Å²) in [6, 6.07) is 13.0. The lowest BCUT2D eigenvalue weighted by atomic mass is 10.2. The standard InChI is InChI=1S/C20H16N2O4S2/c1-12(16-9-13-5-2-3-6-15(13)26-16)21-18(23)10-25-20(24)14-11-28-19(22-14)17-7-4-8-27-17/h2-9,11-12H,10H2,1H3,(H,21,23)/t12-/m0/s1. The average Bonchev–Trinajstić information content (AvgIpc) is 3.45. The zero-order chi connectivity index (χ0) is 19.5. The van der Waals surface area contributed by atoms with Crippen LogP contribution in [0.25, 0.3) is 20.9 Å². The number of aromatic nitrogens is 1. The molecule has 0 spiro atoms. The molecule has 1 atom stereocenters. The second kappa shape index (κ2) is 7.95. The van der Waals surface area contributed by atoms with Gasteiger partial charge in [-0.15, -0.1) is 22.7 Å². The van der Waals surface area contributed by atoms with Crippen LogP contribution in [0.15, 0.2) is 57.6 Å². The lowest BCUT2D eigenvalue weighted by molar-refractivity contribution is -0.125. The Morgan fingerprint density at radius 3 is 2.86 bits per heavy atom. The Kier molecular flexibility index (Phi) is 5.23. The van der Waals surface area contributed by atoms with Gasteiger partial charge in [0.2, 0.25) is 0 Å². The number of nitrogens with one attached hydrogen (secondary N) is 1. The maximum Gasteiger partial charge on any atom is 0.358 e. The van der Waals surface area contributed by atoms with Crippen molar-refractivity contribution < 1.29 is 18.7 Å². The Labute approximate surface area is 168 Å². The van der Waals surface area contributed by atoms with E-state index in [0.717, 1.165) is 20.9 Å². The molecule has 0 saturated carbocycles. The molecule has 0 aliphatic heterocycles. The van der Waals surface area contributed by atoms with Crippen LogP contribution in [-0.2, 0) is 9.53 Å². The van der Waals surface area contributed by atoms with E-state index in [0.29, 0.717) is 5.76 Å². The predicted molar refractivity (Wildman–Crippen MR) is 108 cm³/mol. The number of carbonyl (C=O) groups is 2. The topological polar surface area (TPSA) is 81.4 Å². The Morgan fingerprint density at radius 2 is 2.07 bits per heavy atom. The summed E-state index contributed by atoms with van der Waals surface area (Å²) < 4.78 is 10.8. The van der Waals surface area contributed by atoms with Crippen LogP contribution < -0.4 is 5.32 Å². The number of amides is 1. The van der Waals surface area contributed by atoms with E-state index in [1.54, 1.807) is 16.7 Å². The Morgan fingerprint density at radius 1 is 1.21 bits per heavy atom. The van der Waals surface area contributed by atoms with Gasteiger partial charge in [0.1, 0.15) is 16.4 Å². The Hall–Kier alpha value is -2.97. The zero-order valence-corrected chi connectivity index (χ0v) is 16.5. The number of furan rings is 1. The van der Waals surface area contributed by atoms with Crippen molar-refractivity contribution >= 4 is 45.5 Å². The first kappa shape index (κ1) is 18.4. The molecule has 1 amide bonds. The second-order valence-corrected chi connectivity index (χ2v) is 7.87. The maximum absolute atomic E-state index is 12.1. The van der Waals surface area contributed by atoms with Crippen LogP contribution in [0.1, 0.15) is 29.2 Å². The van der Waals surface area contributed by atoms with Crippen LogP contribution in [0.4, 0.5) is 0 Å². The van der Waals surface area contributed by atoms with Crippen molar-refractivity contribution in [1.29, 1.82) is 0 Å².